The largest absolute Gasteiger partial charge is 0.307 e. The summed E-state index contributed by atoms with van der Waals surface area (Å²) in [5, 5.41) is 10.4. The molecule has 0 unspecified atom stereocenters. The van der Waals surface area contributed by atoms with Crippen LogP contribution in [0.2, 0.25) is 0 Å². The number of carbonyl (C=O) groups is 1. The Labute approximate surface area is 109 Å². The maximum atomic E-state index is 12.1. The van der Waals surface area contributed by atoms with E-state index in [0.29, 0.717) is 11.4 Å². The predicted octanol–water partition coefficient (Wildman–Crippen LogP) is 2.52. The number of aromatic nitrogens is 3. The average molecular weight is 252 g/mol. The second-order valence-electron chi connectivity index (χ2n) is 4.29. The number of anilines is 1. The van der Waals surface area contributed by atoms with Crippen molar-refractivity contribution < 1.29 is 4.79 Å². The van der Waals surface area contributed by atoms with Gasteiger partial charge in [-0.2, -0.15) is 5.10 Å². The summed E-state index contributed by atoms with van der Waals surface area (Å²) < 4.78 is 0. The van der Waals surface area contributed by atoms with Crippen molar-refractivity contribution in [2.75, 3.05) is 5.32 Å². The van der Waals surface area contributed by atoms with Crippen LogP contribution < -0.4 is 5.32 Å². The summed E-state index contributed by atoms with van der Waals surface area (Å²) in [4.78, 5) is 16.4. The lowest BCUT2D eigenvalue weighted by Crippen LogP contribution is -2.12. The van der Waals surface area contributed by atoms with Crippen molar-refractivity contribution >= 4 is 22.6 Å². The molecule has 0 fully saturated rings. The molecular weight excluding hydrogens is 240 g/mol. The molecule has 0 radical (unpaired) electrons. The highest BCUT2D eigenvalue weighted by molar-refractivity contribution is 6.06. The van der Waals surface area contributed by atoms with Gasteiger partial charge in [0.15, 0.2) is 0 Å². The third-order valence-electron chi connectivity index (χ3n) is 2.93. The number of benzene rings is 1. The molecule has 0 atom stereocenters. The number of pyridine rings is 1. The molecule has 3 aromatic rings. The number of fused-ring (bicyclic) bond motifs is 1. The van der Waals surface area contributed by atoms with E-state index < -0.39 is 0 Å². The number of H-pyrrole nitrogens is 1. The first kappa shape index (κ1) is 11.4. The summed E-state index contributed by atoms with van der Waals surface area (Å²) >= 11 is 0. The first-order valence-electron chi connectivity index (χ1n) is 5.90. The average Bonchev–Trinajstić information content (AvgIpc) is 2.84. The molecule has 0 aliphatic carbocycles. The first-order valence-corrected chi connectivity index (χ1v) is 5.90. The number of hydrogen-bond donors (Lipinski definition) is 2. The zero-order chi connectivity index (χ0) is 13.2. The Bertz CT molecular complexity index is 748. The fourth-order valence-electron chi connectivity index (χ4n) is 1.88. The molecule has 0 saturated heterocycles. The van der Waals surface area contributed by atoms with Crippen LogP contribution in [0.1, 0.15) is 15.9 Å². The Morgan fingerprint density at radius 3 is 3.00 bits per heavy atom. The van der Waals surface area contributed by atoms with Crippen molar-refractivity contribution in [3.63, 3.8) is 0 Å². The molecule has 0 spiro atoms. The number of aromatic amines is 1. The molecule has 0 saturated carbocycles. The number of nitrogens with one attached hydrogen (secondary N) is 2. The fourth-order valence-corrected chi connectivity index (χ4v) is 1.88. The van der Waals surface area contributed by atoms with Gasteiger partial charge in [0.2, 0.25) is 0 Å². The molecule has 0 bridgehead atoms. The molecule has 0 aliphatic rings. The smallest absolute Gasteiger partial charge is 0.256 e. The lowest BCUT2D eigenvalue weighted by molar-refractivity contribution is 0.102. The van der Waals surface area contributed by atoms with E-state index in [4.69, 9.17) is 0 Å². The lowest BCUT2D eigenvalue weighted by Gasteiger charge is -2.05. The van der Waals surface area contributed by atoms with Gasteiger partial charge in [-0.3, -0.25) is 14.9 Å². The molecule has 5 heteroatoms. The second kappa shape index (κ2) is 4.53. The normalized spacial score (nSPS) is 10.6. The monoisotopic (exact) mass is 252 g/mol. The Kier molecular flexibility index (Phi) is 2.72. The Balaban J connectivity index is 1.91. The number of hydrogen-bond acceptors (Lipinski definition) is 3. The lowest BCUT2D eigenvalue weighted by atomic mass is 10.1. The van der Waals surface area contributed by atoms with Gasteiger partial charge in [-0.05, 0) is 31.2 Å². The molecule has 1 aromatic carbocycles. The zero-order valence-electron chi connectivity index (χ0n) is 10.3. The van der Waals surface area contributed by atoms with Gasteiger partial charge in [-0.1, -0.05) is 6.07 Å². The molecule has 94 valence electrons. The van der Waals surface area contributed by atoms with Crippen molar-refractivity contribution in [2.24, 2.45) is 0 Å². The van der Waals surface area contributed by atoms with Crippen molar-refractivity contribution in [3.8, 4) is 0 Å². The van der Waals surface area contributed by atoms with Gasteiger partial charge in [0.25, 0.3) is 5.91 Å². The number of carbonyl (C=O) groups excluding carboxylic acids is 1. The molecule has 2 N–H and O–H groups in total. The molecule has 5 nitrogen and oxygen atoms in total. The zero-order valence-corrected chi connectivity index (χ0v) is 10.3. The Hall–Kier alpha value is -2.69. The van der Waals surface area contributed by atoms with E-state index >= 15 is 0 Å². The van der Waals surface area contributed by atoms with Crippen LogP contribution in [0.5, 0.6) is 0 Å². The maximum Gasteiger partial charge on any atom is 0.256 e. The summed E-state index contributed by atoms with van der Waals surface area (Å²) in [5.41, 5.74) is 2.36. The number of aryl methyl sites for hydroxylation is 1. The van der Waals surface area contributed by atoms with Crippen molar-refractivity contribution in [2.45, 2.75) is 6.92 Å². The second-order valence-corrected chi connectivity index (χ2v) is 4.29. The fraction of sp³-hybridized carbons (Fsp3) is 0.0714. The highest BCUT2D eigenvalue weighted by Crippen LogP contribution is 2.15. The third kappa shape index (κ3) is 2.18. The van der Waals surface area contributed by atoms with E-state index in [0.717, 1.165) is 16.5 Å². The van der Waals surface area contributed by atoms with E-state index in [1.807, 2.05) is 31.2 Å². The standard InChI is InChI=1S/C14H12N4O/c1-9-8-16-18-13(9)17-14(19)11-4-5-12-10(7-11)3-2-6-15-12/h2-8H,1H3,(H2,16,17,18,19). The molecule has 2 aromatic heterocycles. The van der Waals surface area contributed by atoms with Gasteiger partial charge in [0.05, 0.1) is 11.7 Å². The highest BCUT2D eigenvalue weighted by atomic mass is 16.1. The molecule has 0 aliphatic heterocycles. The van der Waals surface area contributed by atoms with Gasteiger partial charge >= 0.3 is 0 Å². The molecule has 3 rings (SSSR count). The van der Waals surface area contributed by atoms with E-state index in [2.05, 4.69) is 20.5 Å². The van der Waals surface area contributed by atoms with E-state index in [-0.39, 0.29) is 5.91 Å². The minimum absolute atomic E-state index is 0.168. The van der Waals surface area contributed by atoms with Gasteiger partial charge in [0, 0.05) is 22.7 Å². The first-order chi connectivity index (χ1) is 9.24. The van der Waals surface area contributed by atoms with E-state index in [1.165, 1.54) is 0 Å². The summed E-state index contributed by atoms with van der Waals surface area (Å²) in [6, 6.07) is 9.20. The Morgan fingerprint density at radius 2 is 2.21 bits per heavy atom. The quantitative estimate of drug-likeness (QED) is 0.736. The number of rotatable bonds is 2. The number of nitrogens with zero attached hydrogens (tertiary/aromatic N) is 2. The molecule has 19 heavy (non-hydrogen) atoms. The number of amides is 1. The van der Waals surface area contributed by atoms with Crippen LogP contribution >= 0.6 is 0 Å². The Morgan fingerprint density at radius 1 is 1.32 bits per heavy atom. The van der Waals surface area contributed by atoms with Crippen LogP contribution in [0.25, 0.3) is 10.9 Å². The van der Waals surface area contributed by atoms with Crippen LogP contribution in [0.15, 0.2) is 42.7 Å². The SMILES string of the molecule is Cc1cn[nH]c1NC(=O)c1ccc2ncccc2c1. The van der Waals surface area contributed by atoms with Crippen LogP contribution in [0, 0.1) is 6.92 Å². The van der Waals surface area contributed by atoms with Gasteiger partial charge in [0.1, 0.15) is 5.82 Å². The maximum absolute atomic E-state index is 12.1. The summed E-state index contributed by atoms with van der Waals surface area (Å²) in [6.07, 6.45) is 3.40. The van der Waals surface area contributed by atoms with E-state index in [9.17, 15) is 4.79 Å². The minimum atomic E-state index is -0.168. The minimum Gasteiger partial charge on any atom is -0.307 e. The highest BCUT2D eigenvalue weighted by Gasteiger charge is 2.09. The van der Waals surface area contributed by atoms with Crippen LogP contribution in [0.3, 0.4) is 0 Å². The third-order valence-corrected chi connectivity index (χ3v) is 2.93. The summed E-state index contributed by atoms with van der Waals surface area (Å²) in [7, 11) is 0. The molecular formula is C14H12N4O. The van der Waals surface area contributed by atoms with Crippen molar-refractivity contribution in [1.82, 2.24) is 15.2 Å². The van der Waals surface area contributed by atoms with Crippen molar-refractivity contribution in [3.05, 3.63) is 53.9 Å². The van der Waals surface area contributed by atoms with Crippen molar-refractivity contribution in [1.29, 1.82) is 0 Å². The van der Waals surface area contributed by atoms with Gasteiger partial charge in [-0.15, -0.1) is 0 Å². The summed E-state index contributed by atoms with van der Waals surface area (Å²) in [5.74, 6) is 0.453. The molecule has 1 amide bonds. The van der Waals surface area contributed by atoms with Crippen LogP contribution in [-0.4, -0.2) is 21.1 Å². The van der Waals surface area contributed by atoms with Gasteiger partial charge < -0.3 is 5.32 Å². The van der Waals surface area contributed by atoms with E-state index in [1.54, 1.807) is 18.5 Å². The van der Waals surface area contributed by atoms with Crippen LogP contribution in [0.4, 0.5) is 5.82 Å². The molecule has 2 heterocycles. The predicted molar refractivity (Wildman–Crippen MR) is 73.0 cm³/mol. The van der Waals surface area contributed by atoms with Crippen LogP contribution in [-0.2, 0) is 0 Å². The summed E-state index contributed by atoms with van der Waals surface area (Å²) in [6.45, 7) is 1.88. The van der Waals surface area contributed by atoms with Gasteiger partial charge in [-0.25, -0.2) is 0 Å². The topological polar surface area (TPSA) is 70.7 Å².